The number of nitriles is 1. The van der Waals surface area contributed by atoms with Crippen LogP contribution in [0.25, 0.3) is 0 Å². The lowest BCUT2D eigenvalue weighted by Crippen LogP contribution is -2.06. The molecular formula is C7H3ClF5NS. The van der Waals surface area contributed by atoms with Gasteiger partial charge in [-0.1, -0.05) is 31.0 Å². The molecule has 0 heterocycles. The highest BCUT2D eigenvalue weighted by Crippen LogP contribution is 3.02. The fourth-order valence-electron chi connectivity index (χ4n) is 0.850. The Hall–Kier alpha value is -1.00. The Kier molecular flexibility index (Phi) is 2.07. The van der Waals surface area contributed by atoms with Gasteiger partial charge < -0.3 is 0 Å². The van der Waals surface area contributed by atoms with Crippen molar-refractivity contribution in [2.75, 3.05) is 0 Å². The molecule has 0 amide bonds. The first-order valence-electron chi connectivity index (χ1n) is 3.37. The topological polar surface area (TPSA) is 23.8 Å². The lowest BCUT2D eigenvalue weighted by molar-refractivity contribution is 0.364. The van der Waals surface area contributed by atoms with Crippen molar-refractivity contribution in [3.05, 3.63) is 28.8 Å². The number of hydrogen-bond donors (Lipinski definition) is 0. The first kappa shape index (κ1) is 12.1. The minimum absolute atomic E-state index is 0.0768. The van der Waals surface area contributed by atoms with Crippen molar-refractivity contribution < 1.29 is 19.4 Å². The molecule has 0 aliphatic rings. The van der Waals surface area contributed by atoms with Crippen LogP contribution in [0.15, 0.2) is 23.1 Å². The molecule has 0 fully saturated rings. The Morgan fingerprint density at radius 3 is 2.00 bits per heavy atom. The maximum absolute atomic E-state index is 12.3. The van der Waals surface area contributed by atoms with Gasteiger partial charge in [0.1, 0.15) is 4.90 Å². The van der Waals surface area contributed by atoms with Crippen LogP contribution in [0.4, 0.5) is 19.4 Å². The summed E-state index contributed by atoms with van der Waals surface area (Å²) >= 11 is 5.19. The van der Waals surface area contributed by atoms with Crippen molar-refractivity contribution in [1.29, 1.82) is 5.26 Å². The monoisotopic (exact) mass is 263 g/mol. The largest absolute Gasteiger partial charge is 0.310 e. The van der Waals surface area contributed by atoms with Gasteiger partial charge in [-0.05, 0) is 18.2 Å². The lowest BCUT2D eigenvalue weighted by Gasteiger charge is -2.40. The normalized spacial score (nSPS) is 16.3. The standard InChI is InChI=1S/C7H3ClF5NS/c8-6-1-5(4-14)2-7(3-6)15(9,10,11,12)13/h1-3H. The van der Waals surface area contributed by atoms with E-state index in [4.69, 9.17) is 16.9 Å². The molecule has 15 heavy (non-hydrogen) atoms. The molecule has 0 saturated heterocycles. The molecule has 1 rings (SSSR count). The van der Waals surface area contributed by atoms with Crippen molar-refractivity contribution in [2.24, 2.45) is 0 Å². The molecule has 0 bridgehead atoms. The van der Waals surface area contributed by atoms with E-state index in [0.29, 0.717) is 0 Å². The molecule has 0 aliphatic carbocycles. The number of rotatable bonds is 1. The molecule has 0 aromatic heterocycles. The zero-order valence-corrected chi connectivity index (χ0v) is 8.43. The second kappa shape index (κ2) is 2.57. The van der Waals surface area contributed by atoms with E-state index in [0.717, 1.165) is 6.07 Å². The van der Waals surface area contributed by atoms with E-state index < -0.39 is 25.7 Å². The van der Waals surface area contributed by atoms with Crippen LogP contribution in [0.5, 0.6) is 0 Å². The van der Waals surface area contributed by atoms with Crippen LogP contribution in [-0.4, -0.2) is 0 Å². The first-order valence-corrected chi connectivity index (χ1v) is 5.70. The fourth-order valence-corrected chi connectivity index (χ4v) is 1.85. The minimum atomic E-state index is -9.75. The van der Waals surface area contributed by atoms with E-state index in [-0.39, 0.29) is 12.1 Å². The summed E-state index contributed by atoms with van der Waals surface area (Å²) in [6.07, 6.45) is 0. The van der Waals surface area contributed by atoms with Gasteiger partial charge in [-0.15, -0.1) is 0 Å². The second-order valence-corrected chi connectivity index (χ2v) is 5.60. The van der Waals surface area contributed by atoms with Crippen LogP contribution < -0.4 is 0 Å². The molecule has 0 saturated carbocycles. The quantitative estimate of drug-likeness (QED) is 0.663. The zero-order valence-electron chi connectivity index (χ0n) is 6.86. The van der Waals surface area contributed by atoms with Crippen LogP contribution in [0.1, 0.15) is 5.56 Å². The third-order valence-electron chi connectivity index (χ3n) is 1.45. The lowest BCUT2D eigenvalue weighted by atomic mass is 10.2. The summed E-state index contributed by atoms with van der Waals surface area (Å²) in [6, 6.07) is 2.36. The summed E-state index contributed by atoms with van der Waals surface area (Å²) in [5, 5.41) is 7.75. The molecule has 0 spiro atoms. The minimum Gasteiger partial charge on any atom is -0.192 e. The second-order valence-electron chi connectivity index (χ2n) is 2.76. The van der Waals surface area contributed by atoms with E-state index in [1.807, 2.05) is 0 Å². The average Bonchev–Trinajstić information content (AvgIpc) is 1.99. The molecule has 0 radical (unpaired) electrons. The van der Waals surface area contributed by atoms with Gasteiger partial charge in [-0.2, -0.15) is 5.26 Å². The molecule has 0 aliphatic heterocycles. The van der Waals surface area contributed by atoms with E-state index >= 15 is 0 Å². The van der Waals surface area contributed by atoms with Crippen LogP contribution >= 0.6 is 21.8 Å². The SMILES string of the molecule is N#Cc1cc(Cl)cc(S(F)(F)(F)(F)F)c1. The number of hydrogen-bond acceptors (Lipinski definition) is 1. The Labute approximate surface area is 86.8 Å². The van der Waals surface area contributed by atoms with Gasteiger partial charge in [0.15, 0.2) is 0 Å². The van der Waals surface area contributed by atoms with Crippen molar-refractivity contribution in [1.82, 2.24) is 0 Å². The van der Waals surface area contributed by atoms with E-state index in [2.05, 4.69) is 0 Å². The van der Waals surface area contributed by atoms with Gasteiger partial charge >= 0.3 is 10.2 Å². The van der Waals surface area contributed by atoms with Gasteiger partial charge in [-0.25, -0.2) is 0 Å². The van der Waals surface area contributed by atoms with Crippen LogP contribution in [-0.2, 0) is 0 Å². The van der Waals surface area contributed by atoms with Gasteiger partial charge in [0.2, 0.25) is 0 Å². The predicted octanol–water partition coefficient (Wildman–Crippen LogP) is 4.87. The summed E-state index contributed by atoms with van der Waals surface area (Å²) in [5.74, 6) is 0. The van der Waals surface area contributed by atoms with Crippen molar-refractivity contribution >= 4 is 21.8 Å². The van der Waals surface area contributed by atoms with E-state index in [9.17, 15) is 19.4 Å². The van der Waals surface area contributed by atoms with Crippen molar-refractivity contribution in [3.8, 4) is 6.07 Å². The molecule has 1 nitrogen and oxygen atoms in total. The highest BCUT2D eigenvalue weighted by atomic mass is 35.5. The highest BCUT2D eigenvalue weighted by Gasteiger charge is 2.65. The Bertz CT molecular complexity index is 460. The molecule has 1 aromatic rings. The van der Waals surface area contributed by atoms with Crippen LogP contribution in [0.2, 0.25) is 5.02 Å². The Balaban J connectivity index is 3.56. The van der Waals surface area contributed by atoms with Crippen molar-refractivity contribution in [3.63, 3.8) is 0 Å². The maximum atomic E-state index is 12.3. The highest BCUT2D eigenvalue weighted by molar-refractivity contribution is 8.45. The van der Waals surface area contributed by atoms with E-state index in [1.165, 1.54) is 6.07 Å². The summed E-state index contributed by atoms with van der Waals surface area (Å²) in [6.45, 7) is 0. The molecular weight excluding hydrogens is 261 g/mol. The molecule has 1 aromatic carbocycles. The fraction of sp³-hybridized carbons (Fsp3) is 0. The predicted molar refractivity (Wildman–Crippen MR) is 47.6 cm³/mol. The molecule has 8 heteroatoms. The van der Waals surface area contributed by atoms with Gasteiger partial charge in [0.25, 0.3) is 0 Å². The summed E-state index contributed by atoms with van der Waals surface area (Å²) in [5.41, 5.74) is -0.564. The van der Waals surface area contributed by atoms with Gasteiger partial charge in [0.05, 0.1) is 11.6 Å². The number of benzene rings is 1. The average molecular weight is 264 g/mol. The third kappa shape index (κ3) is 2.97. The summed E-state index contributed by atoms with van der Waals surface area (Å²) in [4.78, 5) is -2.15. The summed E-state index contributed by atoms with van der Waals surface area (Å²) < 4.78 is 61.4. The Morgan fingerprint density at radius 1 is 1.07 bits per heavy atom. The van der Waals surface area contributed by atoms with E-state index in [1.54, 1.807) is 0 Å². The third-order valence-corrected chi connectivity index (χ3v) is 2.79. The number of nitrogens with zero attached hydrogens (tertiary/aromatic N) is 1. The summed E-state index contributed by atoms with van der Waals surface area (Å²) in [7, 11) is -9.75. The Morgan fingerprint density at radius 2 is 1.60 bits per heavy atom. The smallest absolute Gasteiger partial charge is 0.192 e. The van der Waals surface area contributed by atoms with Gasteiger partial charge in [-0.3, -0.25) is 0 Å². The first-order chi connectivity index (χ1) is 6.42. The molecule has 0 atom stereocenters. The molecule has 0 unspecified atom stereocenters. The van der Waals surface area contributed by atoms with Crippen LogP contribution in [0.3, 0.4) is 0 Å². The van der Waals surface area contributed by atoms with Gasteiger partial charge in [0, 0.05) is 5.02 Å². The maximum Gasteiger partial charge on any atom is 0.310 e. The van der Waals surface area contributed by atoms with Crippen LogP contribution in [0, 0.1) is 11.3 Å². The molecule has 0 N–H and O–H groups in total. The molecule has 84 valence electrons. The van der Waals surface area contributed by atoms with Crippen molar-refractivity contribution in [2.45, 2.75) is 4.90 Å². The zero-order chi connectivity index (χ0) is 12.0. The number of halogens is 6.